The van der Waals surface area contributed by atoms with E-state index in [9.17, 15) is 29.4 Å². The number of aromatic carboxylic acids is 1. The number of carbonyl (C=O) groups excluding carboxylic acids is 1. The van der Waals surface area contributed by atoms with Crippen molar-refractivity contribution >= 4 is 34.4 Å². The smallest absolute Gasteiger partial charge is 0.341 e. The Morgan fingerprint density at radius 1 is 1.00 bits per heavy atom. The van der Waals surface area contributed by atoms with Crippen molar-refractivity contribution in [3.05, 3.63) is 51.8 Å². The van der Waals surface area contributed by atoms with E-state index in [0.717, 1.165) is 18.9 Å². The molecule has 3 aromatic rings. The molecule has 13 nitrogen and oxygen atoms in total. The van der Waals surface area contributed by atoms with Crippen molar-refractivity contribution in [2.24, 2.45) is 0 Å². The number of carboxylic acid groups (broad SMARTS) is 2. The maximum Gasteiger partial charge on any atom is 0.341 e. The molecule has 1 saturated carbocycles. The van der Waals surface area contributed by atoms with Gasteiger partial charge in [-0.2, -0.15) is 0 Å². The summed E-state index contributed by atoms with van der Waals surface area (Å²) in [6, 6.07) is 2.12. The number of pyridine rings is 1. The Hall–Kier alpha value is -4.33. The van der Waals surface area contributed by atoms with Gasteiger partial charge < -0.3 is 24.6 Å². The average molecular weight is 568 g/mol. The molecule has 3 aliphatic rings. The number of likely N-dealkylation sites (tertiary alicyclic amines) is 1. The van der Waals surface area contributed by atoms with E-state index < -0.39 is 29.2 Å². The highest BCUT2D eigenvalue weighted by molar-refractivity contribution is 5.93. The summed E-state index contributed by atoms with van der Waals surface area (Å²) in [6.07, 6.45) is 5.92. The van der Waals surface area contributed by atoms with Gasteiger partial charge in [-0.05, 0) is 37.8 Å². The van der Waals surface area contributed by atoms with Crippen molar-refractivity contribution in [1.82, 2.24) is 29.4 Å². The predicted molar refractivity (Wildman–Crippen MR) is 143 cm³/mol. The van der Waals surface area contributed by atoms with Gasteiger partial charge in [-0.3, -0.25) is 14.5 Å². The molecule has 14 heteroatoms. The Morgan fingerprint density at radius 2 is 1.76 bits per heavy atom. The van der Waals surface area contributed by atoms with Crippen LogP contribution in [0.5, 0.6) is 0 Å². The first-order valence-electron chi connectivity index (χ1n) is 13.7. The van der Waals surface area contributed by atoms with Gasteiger partial charge in [-0.1, -0.05) is 5.21 Å². The molecular weight excluding hydrogens is 537 g/mol. The Kier molecular flexibility index (Phi) is 6.93. The molecule has 1 atom stereocenters. The fourth-order valence-electron chi connectivity index (χ4n) is 5.82. The number of amides is 1. The second kappa shape index (κ2) is 10.6. The third-order valence-electron chi connectivity index (χ3n) is 8.11. The zero-order chi connectivity index (χ0) is 28.8. The molecule has 0 unspecified atom stereocenters. The maximum absolute atomic E-state index is 15.3. The van der Waals surface area contributed by atoms with Crippen LogP contribution in [0.4, 0.5) is 10.1 Å². The molecule has 0 radical (unpaired) electrons. The largest absolute Gasteiger partial charge is 0.480 e. The van der Waals surface area contributed by atoms with Crippen molar-refractivity contribution in [2.75, 3.05) is 37.6 Å². The summed E-state index contributed by atoms with van der Waals surface area (Å²) in [6.45, 7) is 3.12. The van der Waals surface area contributed by atoms with Crippen LogP contribution in [0.2, 0.25) is 0 Å². The minimum atomic E-state index is -1.32. The van der Waals surface area contributed by atoms with Gasteiger partial charge in [0.15, 0.2) is 0 Å². The third kappa shape index (κ3) is 5.26. The predicted octanol–water partition coefficient (Wildman–Crippen LogP) is 1.16. The molecule has 4 heterocycles. The lowest BCUT2D eigenvalue weighted by Crippen LogP contribution is -2.46. The molecule has 216 valence electrons. The SMILES string of the molecule is O=C(O)c1cn(C2CC2)c2cc(N3CCN(Cc4cn(CC(=O)N5CCC[C@H]5C(=O)O)nn4)CC3)c(F)cc2c1=O. The number of anilines is 1. The third-order valence-corrected chi connectivity index (χ3v) is 8.11. The van der Waals surface area contributed by atoms with Crippen LogP contribution in [0.25, 0.3) is 10.9 Å². The van der Waals surface area contributed by atoms with Gasteiger partial charge in [0.2, 0.25) is 11.3 Å². The normalized spacial score (nSPS) is 19.7. The quantitative estimate of drug-likeness (QED) is 0.405. The summed E-state index contributed by atoms with van der Waals surface area (Å²) in [5.74, 6) is -3.19. The van der Waals surface area contributed by atoms with Gasteiger partial charge in [-0.25, -0.2) is 18.7 Å². The Balaban J connectivity index is 1.11. The molecule has 6 rings (SSSR count). The maximum atomic E-state index is 15.3. The van der Waals surface area contributed by atoms with E-state index in [0.29, 0.717) is 69.0 Å². The summed E-state index contributed by atoms with van der Waals surface area (Å²) >= 11 is 0. The van der Waals surface area contributed by atoms with Crippen molar-refractivity contribution in [3.8, 4) is 0 Å². The van der Waals surface area contributed by atoms with Crippen molar-refractivity contribution in [2.45, 2.75) is 50.9 Å². The zero-order valence-corrected chi connectivity index (χ0v) is 22.3. The molecule has 41 heavy (non-hydrogen) atoms. The number of carbonyl (C=O) groups is 3. The number of nitrogens with zero attached hydrogens (tertiary/aromatic N) is 7. The number of carboxylic acids is 2. The number of halogens is 1. The Bertz CT molecular complexity index is 1590. The van der Waals surface area contributed by atoms with E-state index in [1.165, 1.54) is 15.8 Å². The molecule has 0 spiro atoms. The Labute approximate surface area is 233 Å². The highest BCUT2D eigenvalue weighted by Gasteiger charge is 2.34. The van der Waals surface area contributed by atoms with Gasteiger partial charge in [0, 0.05) is 56.9 Å². The van der Waals surface area contributed by atoms with Gasteiger partial charge in [0.05, 0.1) is 23.1 Å². The Morgan fingerprint density at radius 3 is 2.44 bits per heavy atom. The van der Waals surface area contributed by atoms with Crippen LogP contribution >= 0.6 is 0 Å². The van der Waals surface area contributed by atoms with Crippen LogP contribution < -0.4 is 10.3 Å². The van der Waals surface area contributed by atoms with E-state index in [2.05, 4.69) is 15.2 Å². The minimum Gasteiger partial charge on any atom is -0.480 e. The standard InChI is InChI=1S/C27H30FN7O6/c28-20-10-18-22(35(17-3-4-17)14-19(25(18)37)26(38)39)11-23(20)32-8-6-31(7-9-32)12-16-13-33(30-29-16)15-24(36)34-5-1-2-21(34)27(40)41/h10-11,13-14,17,21H,1-9,12,15H2,(H,38,39)(H,40,41)/t21-/m0/s1. The number of piperazine rings is 1. The number of benzene rings is 1. The van der Waals surface area contributed by atoms with E-state index in [4.69, 9.17) is 0 Å². The molecule has 1 amide bonds. The number of aromatic nitrogens is 4. The van der Waals surface area contributed by atoms with E-state index in [1.807, 2.05) is 4.90 Å². The van der Waals surface area contributed by atoms with Crippen LogP contribution in [0.15, 0.2) is 29.3 Å². The van der Waals surface area contributed by atoms with Crippen molar-refractivity contribution < 1.29 is 29.0 Å². The van der Waals surface area contributed by atoms with Crippen LogP contribution in [-0.4, -0.2) is 96.2 Å². The molecule has 2 N–H and O–H groups in total. The second-order valence-corrected chi connectivity index (χ2v) is 10.9. The fraction of sp³-hybridized carbons (Fsp3) is 0.481. The molecule has 2 aromatic heterocycles. The molecule has 3 fully saturated rings. The summed E-state index contributed by atoms with van der Waals surface area (Å²) < 4.78 is 18.5. The number of hydrogen-bond acceptors (Lipinski definition) is 8. The molecule has 0 bridgehead atoms. The van der Waals surface area contributed by atoms with E-state index in [1.54, 1.807) is 16.8 Å². The fourth-order valence-corrected chi connectivity index (χ4v) is 5.82. The summed E-state index contributed by atoms with van der Waals surface area (Å²) in [4.78, 5) is 53.8. The van der Waals surface area contributed by atoms with Crippen LogP contribution in [0.3, 0.4) is 0 Å². The number of fused-ring (bicyclic) bond motifs is 1. The van der Waals surface area contributed by atoms with Gasteiger partial charge in [0.25, 0.3) is 0 Å². The van der Waals surface area contributed by atoms with Crippen molar-refractivity contribution in [1.29, 1.82) is 0 Å². The number of aliphatic carboxylic acids is 1. The number of hydrogen-bond donors (Lipinski definition) is 2. The van der Waals surface area contributed by atoms with Gasteiger partial charge in [0.1, 0.15) is 24.0 Å². The molecule has 1 aliphatic carbocycles. The molecular formula is C27H30FN7O6. The minimum absolute atomic E-state index is 0.0708. The van der Waals surface area contributed by atoms with Crippen LogP contribution in [0, 0.1) is 5.82 Å². The van der Waals surface area contributed by atoms with Gasteiger partial charge in [-0.15, -0.1) is 5.10 Å². The first-order chi connectivity index (χ1) is 19.7. The lowest BCUT2D eigenvalue weighted by Gasteiger charge is -2.36. The lowest BCUT2D eigenvalue weighted by atomic mass is 10.1. The summed E-state index contributed by atoms with van der Waals surface area (Å²) in [7, 11) is 0. The van der Waals surface area contributed by atoms with Crippen LogP contribution in [0.1, 0.15) is 47.8 Å². The summed E-state index contributed by atoms with van der Waals surface area (Å²) in [5, 5.41) is 27.1. The van der Waals surface area contributed by atoms with Gasteiger partial charge >= 0.3 is 11.9 Å². The van der Waals surface area contributed by atoms with Crippen molar-refractivity contribution in [3.63, 3.8) is 0 Å². The number of rotatable bonds is 8. The van der Waals surface area contributed by atoms with E-state index >= 15 is 4.39 Å². The van der Waals surface area contributed by atoms with E-state index in [-0.39, 0.29) is 29.4 Å². The molecule has 1 aromatic carbocycles. The highest BCUT2D eigenvalue weighted by atomic mass is 19.1. The topological polar surface area (TPSA) is 154 Å². The lowest BCUT2D eigenvalue weighted by molar-refractivity contribution is -0.148. The monoisotopic (exact) mass is 567 g/mol. The molecule has 2 aliphatic heterocycles. The zero-order valence-electron chi connectivity index (χ0n) is 22.3. The second-order valence-electron chi connectivity index (χ2n) is 10.9. The van der Waals surface area contributed by atoms with Crippen LogP contribution in [-0.2, 0) is 22.7 Å². The first kappa shape index (κ1) is 26.9. The first-order valence-corrected chi connectivity index (χ1v) is 13.7. The highest BCUT2D eigenvalue weighted by Crippen LogP contribution is 2.38. The molecule has 2 saturated heterocycles. The summed E-state index contributed by atoms with van der Waals surface area (Å²) in [5.41, 5.74) is 0.543. The average Bonchev–Trinajstić information content (AvgIpc) is 3.48.